The lowest BCUT2D eigenvalue weighted by molar-refractivity contribution is 0.549. The summed E-state index contributed by atoms with van der Waals surface area (Å²) in [5.74, 6) is 1.08. The van der Waals surface area contributed by atoms with Crippen LogP contribution in [0.2, 0.25) is 5.15 Å². The number of aromatic nitrogens is 2. The van der Waals surface area contributed by atoms with E-state index < -0.39 is 10.0 Å². The van der Waals surface area contributed by atoms with E-state index in [-0.39, 0.29) is 14.9 Å². The van der Waals surface area contributed by atoms with E-state index in [2.05, 4.69) is 16.6 Å². The molecule has 0 radical (unpaired) electrons. The van der Waals surface area contributed by atoms with Crippen LogP contribution in [0.15, 0.2) is 16.6 Å². The minimum atomic E-state index is -3.66. The quantitative estimate of drug-likeness (QED) is 0.919. The Bertz CT molecular complexity index is 731. The number of nitrogens with zero attached hydrogens (tertiary/aromatic N) is 2. The molecule has 20 heavy (non-hydrogen) atoms. The number of thioether (sulfide) groups is 1. The smallest absolute Gasteiger partial charge is 0.259 e. The number of imidazole rings is 1. The molecule has 3 rings (SSSR count). The van der Waals surface area contributed by atoms with Gasteiger partial charge in [-0.3, -0.25) is 4.40 Å². The molecule has 1 unspecified atom stereocenters. The van der Waals surface area contributed by atoms with Crippen LogP contribution in [-0.2, 0) is 10.0 Å². The highest BCUT2D eigenvalue weighted by atomic mass is 35.5. The summed E-state index contributed by atoms with van der Waals surface area (Å²) in [6, 6.07) is 0. The van der Waals surface area contributed by atoms with E-state index in [9.17, 15) is 8.42 Å². The summed E-state index contributed by atoms with van der Waals surface area (Å²) >= 11 is 9.14. The summed E-state index contributed by atoms with van der Waals surface area (Å²) in [4.78, 5) is 4.64. The first-order valence-electron chi connectivity index (χ1n) is 6.16. The predicted molar refractivity (Wildman–Crippen MR) is 83.4 cm³/mol. The number of sulfonamides is 1. The van der Waals surface area contributed by atoms with Crippen molar-refractivity contribution in [2.75, 3.05) is 12.3 Å². The molecule has 0 amide bonds. The van der Waals surface area contributed by atoms with Gasteiger partial charge in [0.2, 0.25) is 0 Å². The lowest BCUT2D eigenvalue weighted by Gasteiger charge is -2.22. The second-order valence-corrected chi connectivity index (χ2v) is 9.59. The minimum absolute atomic E-state index is 0.0218. The summed E-state index contributed by atoms with van der Waals surface area (Å²) in [6.45, 7) is 2.50. The number of fused-ring (bicyclic) bond motifs is 1. The fourth-order valence-corrected chi connectivity index (χ4v) is 6.22. The molecule has 110 valence electrons. The number of rotatable bonds is 4. The molecule has 1 atom stereocenters. The Hall–Kier alpha value is -0.280. The van der Waals surface area contributed by atoms with Crippen LogP contribution in [0.5, 0.6) is 0 Å². The van der Waals surface area contributed by atoms with Crippen molar-refractivity contribution in [2.24, 2.45) is 0 Å². The molecule has 1 N–H and O–H groups in total. The van der Waals surface area contributed by atoms with Gasteiger partial charge in [-0.05, 0) is 25.5 Å². The van der Waals surface area contributed by atoms with Crippen LogP contribution < -0.4 is 4.72 Å². The molecule has 2 aromatic heterocycles. The monoisotopic (exact) mass is 351 g/mol. The average molecular weight is 352 g/mol. The van der Waals surface area contributed by atoms with Crippen molar-refractivity contribution in [1.29, 1.82) is 0 Å². The molecule has 2 aromatic rings. The number of hydrogen-bond acceptors (Lipinski definition) is 5. The molecule has 0 spiro atoms. The topological polar surface area (TPSA) is 63.5 Å². The number of thiazole rings is 1. The largest absolute Gasteiger partial charge is 0.279 e. The zero-order valence-corrected chi connectivity index (χ0v) is 14.0. The van der Waals surface area contributed by atoms with Gasteiger partial charge >= 0.3 is 0 Å². The maximum atomic E-state index is 12.5. The van der Waals surface area contributed by atoms with Crippen molar-refractivity contribution < 1.29 is 8.42 Å². The van der Waals surface area contributed by atoms with Gasteiger partial charge in [0.05, 0.1) is 0 Å². The summed E-state index contributed by atoms with van der Waals surface area (Å²) < 4.78 is 29.1. The molecule has 1 aliphatic heterocycles. The summed E-state index contributed by atoms with van der Waals surface area (Å²) in [5.41, 5.74) is 0. The van der Waals surface area contributed by atoms with E-state index in [1.807, 2.05) is 11.8 Å². The molecule has 0 aliphatic carbocycles. The highest BCUT2D eigenvalue weighted by Gasteiger charge is 2.33. The van der Waals surface area contributed by atoms with Crippen molar-refractivity contribution in [2.45, 2.75) is 29.5 Å². The van der Waals surface area contributed by atoms with Crippen LogP contribution in [-0.4, -0.2) is 34.8 Å². The lowest BCUT2D eigenvalue weighted by atomic mass is 10.1. The van der Waals surface area contributed by atoms with Gasteiger partial charge in [-0.1, -0.05) is 11.6 Å². The van der Waals surface area contributed by atoms with Crippen LogP contribution in [0.25, 0.3) is 4.96 Å². The van der Waals surface area contributed by atoms with Gasteiger partial charge in [0.25, 0.3) is 10.0 Å². The van der Waals surface area contributed by atoms with Crippen molar-refractivity contribution >= 4 is 49.7 Å². The Morgan fingerprint density at radius 3 is 3.10 bits per heavy atom. The summed E-state index contributed by atoms with van der Waals surface area (Å²) in [5, 5.41) is 1.84. The fourth-order valence-electron chi connectivity index (χ4n) is 2.27. The van der Waals surface area contributed by atoms with E-state index >= 15 is 0 Å². The van der Waals surface area contributed by atoms with Gasteiger partial charge in [-0.15, -0.1) is 11.3 Å². The Kier molecular flexibility index (Phi) is 3.79. The second-order valence-electron chi connectivity index (χ2n) is 4.99. The standard InChI is InChI=1S/C11H14ClN3O2S3/c1-11(3-2-5-19-11)7-13-20(16,17)9-8(12)14-10-15(9)4-6-18-10/h4,6,13H,2-3,5,7H2,1H3. The summed E-state index contributed by atoms with van der Waals surface area (Å²) in [6.07, 6.45) is 3.82. The molecule has 3 heterocycles. The fraction of sp³-hybridized carbons (Fsp3) is 0.545. The molecule has 0 aromatic carbocycles. The molecular weight excluding hydrogens is 338 g/mol. The van der Waals surface area contributed by atoms with E-state index in [1.165, 1.54) is 15.7 Å². The molecule has 0 bridgehead atoms. The first-order chi connectivity index (χ1) is 9.41. The predicted octanol–water partition coefficient (Wildman–Crippen LogP) is 2.61. The third-order valence-electron chi connectivity index (χ3n) is 3.37. The maximum Gasteiger partial charge on any atom is 0.259 e. The first kappa shape index (κ1) is 14.6. The molecule has 1 aliphatic rings. The Labute approximate surface area is 130 Å². The van der Waals surface area contributed by atoms with E-state index in [0.717, 1.165) is 18.6 Å². The van der Waals surface area contributed by atoms with Crippen LogP contribution in [0.3, 0.4) is 0 Å². The van der Waals surface area contributed by atoms with Crippen molar-refractivity contribution in [3.63, 3.8) is 0 Å². The third-order valence-corrected chi connectivity index (χ3v) is 7.46. The van der Waals surface area contributed by atoms with Crippen molar-refractivity contribution in [3.05, 3.63) is 16.7 Å². The zero-order chi connectivity index (χ0) is 14.4. The second kappa shape index (κ2) is 5.17. The van der Waals surface area contributed by atoms with E-state index in [0.29, 0.717) is 11.5 Å². The first-order valence-corrected chi connectivity index (χ1v) is 9.89. The van der Waals surface area contributed by atoms with Crippen LogP contribution >= 0.6 is 34.7 Å². The van der Waals surface area contributed by atoms with Gasteiger partial charge in [-0.25, -0.2) is 18.1 Å². The Morgan fingerprint density at radius 2 is 2.40 bits per heavy atom. The number of hydrogen-bond donors (Lipinski definition) is 1. The highest BCUT2D eigenvalue weighted by molar-refractivity contribution is 8.01. The van der Waals surface area contributed by atoms with Gasteiger partial charge in [-0.2, -0.15) is 11.8 Å². The molecule has 9 heteroatoms. The van der Waals surface area contributed by atoms with Crippen LogP contribution in [0.4, 0.5) is 0 Å². The third kappa shape index (κ3) is 2.59. The highest BCUT2D eigenvalue weighted by Crippen LogP contribution is 2.37. The molecule has 0 saturated carbocycles. The molecule has 1 saturated heterocycles. The van der Waals surface area contributed by atoms with Crippen LogP contribution in [0.1, 0.15) is 19.8 Å². The lowest BCUT2D eigenvalue weighted by Crippen LogP contribution is -2.37. The average Bonchev–Trinajstić information content (AvgIpc) is 3.03. The van der Waals surface area contributed by atoms with Gasteiger partial charge in [0.1, 0.15) is 0 Å². The Balaban J connectivity index is 1.88. The minimum Gasteiger partial charge on any atom is -0.279 e. The van der Waals surface area contributed by atoms with E-state index in [4.69, 9.17) is 11.6 Å². The number of nitrogens with one attached hydrogen (secondary N) is 1. The number of halogens is 1. The molecule has 1 fully saturated rings. The normalized spacial score (nSPS) is 23.7. The van der Waals surface area contributed by atoms with Crippen LogP contribution in [0, 0.1) is 0 Å². The SMILES string of the molecule is CC1(CNS(=O)(=O)c2c(Cl)nc3sccn23)CCCS1. The Morgan fingerprint density at radius 1 is 1.60 bits per heavy atom. The summed E-state index contributed by atoms with van der Waals surface area (Å²) in [7, 11) is -3.66. The van der Waals surface area contributed by atoms with Crippen molar-refractivity contribution in [3.8, 4) is 0 Å². The van der Waals surface area contributed by atoms with E-state index in [1.54, 1.807) is 11.6 Å². The molecule has 5 nitrogen and oxygen atoms in total. The molecular formula is C11H14ClN3O2S3. The van der Waals surface area contributed by atoms with Gasteiger partial charge in [0.15, 0.2) is 15.1 Å². The van der Waals surface area contributed by atoms with Gasteiger partial charge in [0, 0.05) is 22.9 Å². The zero-order valence-electron chi connectivity index (χ0n) is 10.8. The maximum absolute atomic E-state index is 12.5. The van der Waals surface area contributed by atoms with Gasteiger partial charge < -0.3 is 0 Å². The van der Waals surface area contributed by atoms with Crippen molar-refractivity contribution in [1.82, 2.24) is 14.1 Å².